The summed E-state index contributed by atoms with van der Waals surface area (Å²) in [6, 6.07) is 1.48. The van der Waals surface area contributed by atoms with Crippen molar-refractivity contribution in [3.05, 3.63) is 6.42 Å². The fourth-order valence-corrected chi connectivity index (χ4v) is 0.329. The van der Waals surface area contributed by atoms with Crippen LogP contribution in [0.4, 0.5) is 0 Å². The van der Waals surface area contributed by atoms with E-state index >= 15 is 0 Å². The van der Waals surface area contributed by atoms with Crippen LogP contribution < -0.4 is 5.32 Å². The van der Waals surface area contributed by atoms with Crippen molar-refractivity contribution in [1.29, 1.82) is 5.26 Å². The van der Waals surface area contributed by atoms with Gasteiger partial charge in [-0.3, -0.25) is 4.79 Å². The standard InChI is InChI=1S/C6H9N2O/c1-3-6(9)8-5(2)4-7/h3,5H,1-2H3,(H,8,9). The molecule has 9 heavy (non-hydrogen) atoms. The highest BCUT2D eigenvalue weighted by Gasteiger charge is 2.01. The Morgan fingerprint density at radius 3 is 2.78 bits per heavy atom. The first-order chi connectivity index (χ1) is 4.20. The molecular weight excluding hydrogens is 116 g/mol. The fraction of sp³-hybridized carbons (Fsp3) is 0.500. The average molecular weight is 125 g/mol. The Hall–Kier alpha value is -1.04. The van der Waals surface area contributed by atoms with Gasteiger partial charge in [0, 0.05) is 6.42 Å². The van der Waals surface area contributed by atoms with Gasteiger partial charge in [0.2, 0.25) is 5.91 Å². The van der Waals surface area contributed by atoms with Gasteiger partial charge in [0.15, 0.2) is 0 Å². The number of rotatable bonds is 2. The number of amides is 1. The Morgan fingerprint density at radius 2 is 2.44 bits per heavy atom. The molecule has 0 fully saturated rings. The molecule has 0 saturated carbocycles. The zero-order valence-corrected chi connectivity index (χ0v) is 5.51. The Kier molecular flexibility index (Phi) is 3.45. The smallest absolute Gasteiger partial charge is 0.224 e. The summed E-state index contributed by atoms with van der Waals surface area (Å²) in [5.74, 6) is -0.205. The monoisotopic (exact) mass is 125 g/mol. The summed E-state index contributed by atoms with van der Waals surface area (Å²) >= 11 is 0. The first-order valence-electron chi connectivity index (χ1n) is 2.70. The predicted molar refractivity (Wildman–Crippen MR) is 33.2 cm³/mol. The van der Waals surface area contributed by atoms with Gasteiger partial charge in [0.1, 0.15) is 6.04 Å². The van der Waals surface area contributed by atoms with E-state index < -0.39 is 6.04 Å². The minimum atomic E-state index is -0.395. The Balaban J connectivity index is 3.50. The molecule has 0 aromatic rings. The van der Waals surface area contributed by atoms with Crippen LogP contribution in [0.3, 0.4) is 0 Å². The van der Waals surface area contributed by atoms with Crippen molar-refractivity contribution in [3.8, 4) is 6.07 Å². The Bertz CT molecular complexity index is 136. The second kappa shape index (κ2) is 3.90. The van der Waals surface area contributed by atoms with Crippen LogP contribution >= 0.6 is 0 Å². The van der Waals surface area contributed by atoms with Crippen molar-refractivity contribution in [1.82, 2.24) is 5.32 Å². The number of carbonyl (C=O) groups is 1. The highest BCUT2D eigenvalue weighted by Crippen LogP contribution is 1.78. The number of carbonyl (C=O) groups excluding carboxylic acids is 1. The summed E-state index contributed by atoms with van der Waals surface area (Å²) in [5.41, 5.74) is 0. The molecule has 3 nitrogen and oxygen atoms in total. The molecule has 0 aromatic carbocycles. The quantitative estimate of drug-likeness (QED) is 0.574. The molecule has 0 aliphatic carbocycles. The first kappa shape index (κ1) is 7.96. The SMILES string of the molecule is C[CH]C(=O)NC(C)C#N. The van der Waals surface area contributed by atoms with Crippen LogP contribution in [0.2, 0.25) is 0 Å². The molecule has 0 aromatic heterocycles. The summed E-state index contributed by atoms with van der Waals surface area (Å²) < 4.78 is 0. The molecule has 1 amide bonds. The van der Waals surface area contributed by atoms with Gasteiger partial charge in [-0.25, -0.2) is 0 Å². The molecule has 0 bridgehead atoms. The molecule has 1 N–H and O–H groups in total. The normalized spacial score (nSPS) is 11.7. The summed E-state index contributed by atoms with van der Waals surface area (Å²) in [4.78, 5) is 10.5. The molecule has 0 rings (SSSR count). The van der Waals surface area contributed by atoms with Gasteiger partial charge in [-0.1, -0.05) is 6.92 Å². The highest BCUT2D eigenvalue weighted by molar-refractivity contribution is 5.84. The lowest BCUT2D eigenvalue weighted by atomic mass is 10.3. The first-order valence-corrected chi connectivity index (χ1v) is 2.70. The summed E-state index contributed by atoms with van der Waals surface area (Å²) in [7, 11) is 0. The van der Waals surface area contributed by atoms with Crippen LogP contribution in [0.15, 0.2) is 0 Å². The lowest BCUT2D eigenvalue weighted by molar-refractivity contribution is -0.118. The van der Waals surface area contributed by atoms with E-state index in [4.69, 9.17) is 5.26 Å². The van der Waals surface area contributed by atoms with E-state index in [9.17, 15) is 4.79 Å². The highest BCUT2D eigenvalue weighted by atomic mass is 16.1. The van der Waals surface area contributed by atoms with Crippen LogP contribution in [0.1, 0.15) is 13.8 Å². The van der Waals surface area contributed by atoms with Crippen LogP contribution in [0.5, 0.6) is 0 Å². The van der Waals surface area contributed by atoms with Crippen LogP contribution in [-0.4, -0.2) is 11.9 Å². The number of nitrogens with zero attached hydrogens (tertiary/aromatic N) is 1. The third-order valence-electron chi connectivity index (χ3n) is 0.815. The minimum Gasteiger partial charge on any atom is -0.340 e. The summed E-state index contributed by atoms with van der Waals surface area (Å²) in [6.45, 7) is 3.25. The molecule has 1 atom stereocenters. The maximum Gasteiger partial charge on any atom is 0.224 e. The number of hydrogen-bond acceptors (Lipinski definition) is 2. The van der Waals surface area contributed by atoms with E-state index in [1.807, 2.05) is 6.07 Å². The van der Waals surface area contributed by atoms with Crippen LogP contribution in [0.25, 0.3) is 0 Å². The Labute approximate surface area is 54.7 Å². The average Bonchev–Trinajstić information content (AvgIpc) is 1.87. The minimum absolute atomic E-state index is 0.205. The second-order valence-electron chi connectivity index (χ2n) is 1.65. The molecule has 49 valence electrons. The van der Waals surface area contributed by atoms with E-state index in [-0.39, 0.29) is 5.91 Å². The predicted octanol–water partition coefficient (Wildman–Crippen LogP) is 0.239. The van der Waals surface area contributed by atoms with Crippen molar-refractivity contribution in [2.75, 3.05) is 0 Å². The summed E-state index contributed by atoms with van der Waals surface area (Å²) in [5, 5.41) is 10.6. The Morgan fingerprint density at radius 1 is 1.89 bits per heavy atom. The van der Waals surface area contributed by atoms with Crippen molar-refractivity contribution in [2.45, 2.75) is 19.9 Å². The fourth-order valence-electron chi connectivity index (χ4n) is 0.329. The number of hydrogen-bond donors (Lipinski definition) is 1. The third-order valence-corrected chi connectivity index (χ3v) is 0.815. The molecule has 0 saturated heterocycles. The van der Waals surface area contributed by atoms with E-state index in [0.29, 0.717) is 0 Å². The lowest BCUT2D eigenvalue weighted by Gasteiger charge is -2.01. The van der Waals surface area contributed by atoms with Gasteiger partial charge in [-0.15, -0.1) is 0 Å². The molecule has 3 heteroatoms. The molecule has 0 heterocycles. The molecule has 0 spiro atoms. The van der Waals surface area contributed by atoms with Crippen molar-refractivity contribution in [2.24, 2.45) is 0 Å². The van der Waals surface area contributed by atoms with Crippen LogP contribution in [0, 0.1) is 17.8 Å². The van der Waals surface area contributed by atoms with Gasteiger partial charge >= 0.3 is 0 Å². The molecule has 0 aliphatic rings. The third kappa shape index (κ3) is 3.53. The maximum absolute atomic E-state index is 10.5. The van der Waals surface area contributed by atoms with Gasteiger partial charge in [0.05, 0.1) is 6.07 Å². The van der Waals surface area contributed by atoms with Crippen molar-refractivity contribution < 1.29 is 4.79 Å². The zero-order valence-electron chi connectivity index (χ0n) is 5.51. The van der Waals surface area contributed by atoms with Gasteiger partial charge < -0.3 is 5.32 Å². The molecule has 1 radical (unpaired) electrons. The molecule has 1 unspecified atom stereocenters. The number of nitrogens with one attached hydrogen (secondary N) is 1. The maximum atomic E-state index is 10.5. The van der Waals surface area contributed by atoms with Crippen molar-refractivity contribution >= 4 is 5.91 Å². The van der Waals surface area contributed by atoms with Crippen molar-refractivity contribution in [3.63, 3.8) is 0 Å². The second-order valence-corrected chi connectivity index (χ2v) is 1.65. The topological polar surface area (TPSA) is 52.9 Å². The number of nitriles is 1. The van der Waals surface area contributed by atoms with Gasteiger partial charge in [0.25, 0.3) is 0 Å². The van der Waals surface area contributed by atoms with E-state index in [2.05, 4.69) is 5.32 Å². The molecular formula is C6H9N2O. The largest absolute Gasteiger partial charge is 0.340 e. The van der Waals surface area contributed by atoms with Gasteiger partial charge in [-0.05, 0) is 6.92 Å². The molecule has 0 aliphatic heterocycles. The van der Waals surface area contributed by atoms with E-state index in [0.717, 1.165) is 0 Å². The van der Waals surface area contributed by atoms with Gasteiger partial charge in [-0.2, -0.15) is 5.26 Å². The van der Waals surface area contributed by atoms with E-state index in [1.165, 1.54) is 6.42 Å². The van der Waals surface area contributed by atoms with Crippen LogP contribution in [-0.2, 0) is 4.79 Å². The lowest BCUT2D eigenvalue weighted by Crippen LogP contribution is -2.30. The summed E-state index contributed by atoms with van der Waals surface area (Å²) in [6.07, 6.45) is 1.38. The van der Waals surface area contributed by atoms with E-state index in [1.54, 1.807) is 13.8 Å². The zero-order chi connectivity index (χ0) is 7.28.